The number of rotatable bonds is 4. The van der Waals surface area contributed by atoms with E-state index < -0.39 is 11.3 Å². The maximum Gasteiger partial charge on any atom is 0.410 e. The second kappa shape index (κ2) is 10.1. The molecule has 1 saturated heterocycles. The van der Waals surface area contributed by atoms with Crippen molar-refractivity contribution in [2.24, 2.45) is 9.98 Å². The lowest BCUT2D eigenvalue weighted by Crippen LogP contribution is -2.46. The number of likely N-dealkylation sites (tertiary alicyclic amines) is 1. The van der Waals surface area contributed by atoms with Crippen LogP contribution in [0.4, 0.5) is 10.5 Å². The number of nitrogens with zero attached hydrogens (tertiary/aromatic N) is 3. The van der Waals surface area contributed by atoms with Gasteiger partial charge in [0.2, 0.25) is 5.91 Å². The zero-order valence-corrected chi connectivity index (χ0v) is 21.7. The summed E-state index contributed by atoms with van der Waals surface area (Å²) in [6, 6.07) is 11.0. The molecular weight excluding hydrogens is 492 g/mol. The van der Waals surface area contributed by atoms with E-state index in [0.717, 1.165) is 15.6 Å². The topological polar surface area (TPSA) is 83.4 Å². The number of aliphatic imine (C=N–C) groups is 2. The van der Waals surface area contributed by atoms with Crippen molar-refractivity contribution in [2.45, 2.75) is 44.9 Å². The molecule has 1 N–H and O–H groups in total. The Balaban J connectivity index is 1.43. The summed E-state index contributed by atoms with van der Waals surface area (Å²) >= 11 is 8.90. The number of benzene rings is 1. The highest BCUT2D eigenvalue weighted by molar-refractivity contribution is 8.16. The van der Waals surface area contributed by atoms with E-state index in [0.29, 0.717) is 36.6 Å². The van der Waals surface area contributed by atoms with E-state index in [9.17, 15) is 9.59 Å². The first-order valence-corrected chi connectivity index (χ1v) is 13.3. The van der Waals surface area contributed by atoms with Gasteiger partial charge in [0.1, 0.15) is 16.4 Å². The van der Waals surface area contributed by atoms with E-state index in [1.165, 1.54) is 11.8 Å². The van der Waals surface area contributed by atoms with E-state index >= 15 is 0 Å². The van der Waals surface area contributed by atoms with Crippen molar-refractivity contribution in [3.8, 4) is 0 Å². The first-order valence-electron chi connectivity index (χ1n) is 11.0. The lowest BCUT2D eigenvalue weighted by Gasteiger charge is -2.36. The molecule has 0 bridgehead atoms. The van der Waals surface area contributed by atoms with E-state index in [2.05, 4.69) is 5.32 Å². The van der Waals surface area contributed by atoms with Crippen LogP contribution in [0.2, 0.25) is 5.02 Å². The number of anilines is 1. The number of piperidine rings is 1. The molecule has 0 radical (unpaired) electrons. The summed E-state index contributed by atoms with van der Waals surface area (Å²) in [5, 5.41) is 6.27. The van der Waals surface area contributed by atoms with Gasteiger partial charge < -0.3 is 15.0 Å². The van der Waals surface area contributed by atoms with Crippen LogP contribution in [-0.4, -0.2) is 57.8 Å². The Kier molecular flexibility index (Phi) is 7.35. The Morgan fingerprint density at radius 2 is 1.88 bits per heavy atom. The third-order valence-electron chi connectivity index (χ3n) is 5.27. The predicted octanol–water partition coefficient (Wildman–Crippen LogP) is 5.70. The molecule has 180 valence electrons. The molecule has 1 aromatic heterocycles. The van der Waals surface area contributed by atoms with Crippen LogP contribution in [0, 0.1) is 0 Å². The number of thiophene rings is 1. The quantitative estimate of drug-likeness (QED) is 0.562. The lowest BCUT2D eigenvalue weighted by molar-refractivity contribution is -0.113. The van der Waals surface area contributed by atoms with Gasteiger partial charge in [-0.05, 0) is 56.5 Å². The fraction of sp³-hybridized carbons (Fsp3) is 0.417. The molecule has 2 aliphatic rings. The predicted molar refractivity (Wildman–Crippen MR) is 141 cm³/mol. The van der Waals surface area contributed by atoms with Gasteiger partial charge >= 0.3 is 6.09 Å². The van der Waals surface area contributed by atoms with Crippen molar-refractivity contribution < 1.29 is 14.3 Å². The van der Waals surface area contributed by atoms with Gasteiger partial charge in [0.15, 0.2) is 5.66 Å². The summed E-state index contributed by atoms with van der Waals surface area (Å²) in [6.45, 7) is 6.63. The number of hydrogen-bond acceptors (Lipinski definition) is 7. The summed E-state index contributed by atoms with van der Waals surface area (Å²) in [5.74, 6) is 0.0904. The highest BCUT2D eigenvalue weighted by Crippen LogP contribution is 2.36. The van der Waals surface area contributed by atoms with Crippen LogP contribution in [-0.2, 0) is 9.53 Å². The Morgan fingerprint density at radius 1 is 1.18 bits per heavy atom. The number of halogens is 1. The monoisotopic (exact) mass is 518 g/mol. The second-order valence-corrected chi connectivity index (χ2v) is 11.5. The van der Waals surface area contributed by atoms with Gasteiger partial charge in [-0.3, -0.25) is 9.79 Å². The van der Waals surface area contributed by atoms with Crippen LogP contribution in [0.5, 0.6) is 0 Å². The van der Waals surface area contributed by atoms with Gasteiger partial charge in [0, 0.05) is 36.6 Å². The number of hydrogen-bond donors (Lipinski definition) is 1. The fourth-order valence-electron chi connectivity index (χ4n) is 3.66. The summed E-state index contributed by atoms with van der Waals surface area (Å²) in [5.41, 5.74) is 0.386. The van der Waals surface area contributed by atoms with E-state index in [1.807, 2.05) is 38.3 Å². The van der Waals surface area contributed by atoms with Crippen LogP contribution < -0.4 is 5.32 Å². The van der Waals surface area contributed by atoms with Crippen LogP contribution in [0.15, 0.2) is 51.8 Å². The molecule has 2 amide bonds. The van der Waals surface area contributed by atoms with E-state index in [4.69, 9.17) is 26.3 Å². The maximum absolute atomic E-state index is 12.5. The molecule has 2 aromatic rings. The lowest BCUT2D eigenvalue weighted by atomic mass is 9.99. The molecule has 0 aliphatic carbocycles. The van der Waals surface area contributed by atoms with Gasteiger partial charge in [0.25, 0.3) is 0 Å². The molecular formula is C24H27ClN4O3S2. The third kappa shape index (κ3) is 6.20. The summed E-state index contributed by atoms with van der Waals surface area (Å²) < 4.78 is 5.51. The molecule has 1 spiro atoms. The van der Waals surface area contributed by atoms with Crippen molar-refractivity contribution >= 4 is 63.1 Å². The fourth-order valence-corrected chi connectivity index (χ4v) is 5.43. The normalized spacial score (nSPS) is 17.4. The summed E-state index contributed by atoms with van der Waals surface area (Å²) in [7, 11) is 0. The minimum atomic E-state index is -0.604. The number of nitrogens with one attached hydrogen (secondary N) is 1. The molecule has 0 atom stereocenters. The zero-order valence-electron chi connectivity index (χ0n) is 19.3. The Bertz CT molecular complexity index is 1100. The van der Waals surface area contributed by atoms with Crippen molar-refractivity contribution in [1.29, 1.82) is 0 Å². The minimum Gasteiger partial charge on any atom is -0.444 e. The molecule has 2 aliphatic heterocycles. The van der Waals surface area contributed by atoms with Gasteiger partial charge in [-0.1, -0.05) is 29.4 Å². The molecule has 10 heteroatoms. The van der Waals surface area contributed by atoms with Crippen LogP contribution in [0.25, 0.3) is 0 Å². The van der Waals surface area contributed by atoms with Gasteiger partial charge in [-0.15, -0.1) is 11.3 Å². The highest BCUT2D eigenvalue weighted by atomic mass is 35.5. The van der Waals surface area contributed by atoms with Crippen LogP contribution >= 0.6 is 34.7 Å². The first-order chi connectivity index (χ1) is 16.1. The maximum atomic E-state index is 12.5. The smallest absolute Gasteiger partial charge is 0.410 e. The molecule has 3 heterocycles. The van der Waals surface area contributed by atoms with E-state index in [1.54, 1.807) is 40.5 Å². The Hall–Kier alpha value is -2.36. The number of ether oxygens (including phenoxy) is 1. The average Bonchev–Trinajstić information content (AvgIpc) is 3.42. The van der Waals surface area contributed by atoms with Crippen LogP contribution in [0.3, 0.4) is 0 Å². The summed E-state index contributed by atoms with van der Waals surface area (Å²) in [6.07, 6.45) is 0.921. The van der Waals surface area contributed by atoms with Crippen molar-refractivity contribution in [3.05, 3.63) is 51.7 Å². The number of carbonyl (C=O) groups is 2. The number of carbonyl (C=O) groups excluding carboxylic acids is 2. The molecule has 1 aromatic carbocycles. The largest absolute Gasteiger partial charge is 0.444 e. The molecule has 0 unspecified atom stereocenters. The van der Waals surface area contributed by atoms with Crippen LogP contribution in [0.1, 0.15) is 38.5 Å². The van der Waals surface area contributed by atoms with Gasteiger partial charge in [-0.2, -0.15) is 0 Å². The van der Waals surface area contributed by atoms with Crippen molar-refractivity contribution in [2.75, 3.05) is 24.2 Å². The second-order valence-electron chi connectivity index (χ2n) is 9.15. The van der Waals surface area contributed by atoms with Crippen molar-refractivity contribution in [3.63, 3.8) is 0 Å². The van der Waals surface area contributed by atoms with Crippen molar-refractivity contribution in [1.82, 2.24) is 4.90 Å². The molecule has 0 saturated carbocycles. The van der Waals surface area contributed by atoms with Gasteiger partial charge in [0.05, 0.1) is 10.6 Å². The minimum absolute atomic E-state index is 0.124. The molecule has 7 nitrogen and oxygen atoms in total. The average molecular weight is 519 g/mol. The molecule has 4 rings (SSSR count). The highest BCUT2D eigenvalue weighted by Gasteiger charge is 2.41. The SMILES string of the molecule is CC(C)(C)OC(=O)N1CCC2(CC1)N=C(SCC(=O)Nc1ccc(Cl)cc1)C(c1cccs1)=N2. The number of thioether (sulfide) groups is 1. The Labute approximate surface area is 212 Å². The summed E-state index contributed by atoms with van der Waals surface area (Å²) in [4.78, 5) is 37.7. The van der Waals surface area contributed by atoms with E-state index in [-0.39, 0.29) is 17.8 Å². The number of amides is 2. The Morgan fingerprint density at radius 3 is 2.50 bits per heavy atom. The molecule has 34 heavy (non-hydrogen) atoms. The standard InChI is InChI=1S/C24H27ClN4O3S2/c1-23(2,3)32-22(31)29-12-10-24(11-13-29)27-20(18-5-4-14-33-18)21(28-24)34-15-19(30)26-17-8-6-16(25)7-9-17/h4-9,14H,10-13,15H2,1-3H3,(H,26,30). The zero-order chi connectivity index (χ0) is 24.3. The van der Waals surface area contributed by atoms with Gasteiger partial charge in [-0.25, -0.2) is 9.79 Å². The first kappa shape index (κ1) is 24.8. The molecule has 1 fully saturated rings. The third-order valence-corrected chi connectivity index (χ3v) is 7.36.